The van der Waals surface area contributed by atoms with Gasteiger partial charge in [-0.25, -0.2) is 17.5 Å². The normalized spacial score (nSPS) is 13.7. The van der Waals surface area contributed by atoms with Crippen molar-refractivity contribution in [3.63, 3.8) is 0 Å². The smallest absolute Gasteiger partial charge is 0.207 e. The molecule has 0 spiro atoms. The number of hydrogen-bond acceptors (Lipinski definition) is 2. The van der Waals surface area contributed by atoms with Crippen molar-refractivity contribution < 1.29 is 12.8 Å². The molecule has 0 radical (unpaired) electrons. The first-order valence-electron chi connectivity index (χ1n) is 4.83. The summed E-state index contributed by atoms with van der Waals surface area (Å²) < 4.78 is 39.0. The van der Waals surface area contributed by atoms with Gasteiger partial charge < -0.3 is 0 Å². The molecule has 0 aromatic heterocycles. The molecule has 1 aromatic carbocycles. The first-order chi connectivity index (χ1) is 7.49. The molecule has 6 heteroatoms. The Labute approximate surface area is 103 Å². The Morgan fingerprint density at radius 1 is 1.50 bits per heavy atom. The molecule has 1 unspecified atom stereocenters. The lowest BCUT2D eigenvalue weighted by Crippen LogP contribution is -2.35. The minimum atomic E-state index is -3.63. The summed E-state index contributed by atoms with van der Waals surface area (Å²) in [6, 6.07) is 4.77. The van der Waals surface area contributed by atoms with Crippen LogP contribution in [0, 0.1) is 5.82 Å². The number of rotatable bonds is 5. The van der Waals surface area contributed by atoms with Gasteiger partial charge in [0.05, 0.1) is 4.90 Å². The second kappa shape index (κ2) is 5.75. The number of halogens is 2. The monoisotopic (exact) mass is 309 g/mol. The van der Waals surface area contributed by atoms with Crippen molar-refractivity contribution in [2.75, 3.05) is 5.33 Å². The zero-order valence-electron chi connectivity index (χ0n) is 8.78. The quantitative estimate of drug-likeness (QED) is 0.848. The van der Waals surface area contributed by atoms with E-state index < -0.39 is 15.8 Å². The van der Waals surface area contributed by atoms with E-state index in [1.54, 1.807) is 0 Å². The Hall–Kier alpha value is -0.460. The fourth-order valence-corrected chi connectivity index (χ4v) is 3.33. The molecule has 1 aromatic rings. The van der Waals surface area contributed by atoms with Crippen LogP contribution in [0.2, 0.25) is 0 Å². The van der Waals surface area contributed by atoms with Gasteiger partial charge in [-0.2, -0.15) is 0 Å². The van der Waals surface area contributed by atoms with Crippen LogP contribution in [-0.4, -0.2) is 19.8 Å². The Bertz CT molecular complexity index is 446. The molecular weight excluding hydrogens is 297 g/mol. The SMILES string of the molecule is CCC(CBr)NS(=O)(=O)c1cccc(F)c1. The van der Waals surface area contributed by atoms with E-state index in [0.717, 1.165) is 6.07 Å². The number of hydrogen-bond donors (Lipinski definition) is 1. The molecule has 16 heavy (non-hydrogen) atoms. The number of sulfonamides is 1. The van der Waals surface area contributed by atoms with Crippen molar-refractivity contribution in [3.8, 4) is 0 Å². The van der Waals surface area contributed by atoms with Crippen molar-refractivity contribution >= 4 is 26.0 Å². The van der Waals surface area contributed by atoms with Crippen LogP contribution >= 0.6 is 15.9 Å². The van der Waals surface area contributed by atoms with Crippen LogP contribution in [0.4, 0.5) is 4.39 Å². The molecule has 0 aliphatic heterocycles. The Balaban J connectivity index is 2.94. The van der Waals surface area contributed by atoms with Gasteiger partial charge in [-0.05, 0) is 24.6 Å². The van der Waals surface area contributed by atoms with E-state index in [1.165, 1.54) is 18.2 Å². The molecule has 0 amide bonds. The summed E-state index contributed by atoms with van der Waals surface area (Å²) in [5.74, 6) is -0.560. The molecule has 0 aliphatic carbocycles. The number of alkyl halides is 1. The molecule has 90 valence electrons. The average Bonchev–Trinajstić information content (AvgIpc) is 2.26. The van der Waals surface area contributed by atoms with E-state index in [0.29, 0.717) is 11.8 Å². The van der Waals surface area contributed by atoms with Gasteiger partial charge >= 0.3 is 0 Å². The largest absolute Gasteiger partial charge is 0.240 e. The van der Waals surface area contributed by atoms with Gasteiger partial charge in [0.1, 0.15) is 5.82 Å². The zero-order chi connectivity index (χ0) is 12.2. The predicted octanol–water partition coefficient (Wildman–Crippen LogP) is 2.28. The predicted molar refractivity (Wildman–Crippen MR) is 64.6 cm³/mol. The van der Waals surface area contributed by atoms with Crippen LogP contribution in [0.15, 0.2) is 29.2 Å². The van der Waals surface area contributed by atoms with Gasteiger partial charge in [-0.15, -0.1) is 0 Å². The van der Waals surface area contributed by atoms with Gasteiger partial charge in [-0.1, -0.05) is 28.9 Å². The molecule has 1 rings (SSSR count). The molecule has 1 atom stereocenters. The van der Waals surface area contributed by atoms with Crippen LogP contribution in [0.3, 0.4) is 0 Å². The maximum absolute atomic E-state index is 12.9. The number of nitrogens with one attached hydrogen (secondary N) is 1. The highest BCUT2D eigenvalue weighted by Gasteiger charge is 2.18. The summed E-state index contributed by atoms with van der Waals surface area (Å²) in [5.41, 5.74) is 0. The van der Waals surface area contributed by atoms with Crippen molar-refractivity contribution in [2.45, 2.75) is 24.3 Å². The molecular formula is C10H13BrFNO2S. The Morgan fingerprint density at radius 3 is 2.69 bits per heavy atom. The molecule has 0 aliphatic rings. The second-order valence-corrected chi connectivity index (χ2v) is 5.70. The molecule has 3 nitrogen and oxygen atoms in total. The molecule has 0 heterocycles. The highest BCUT2D eigenvalue weighted by atomic mass is 79.9. The van der Waals surface area contributed by atoms with Gasteiger partial charge in [0.2, 0.25) is 10.0 Å². The van der Waals surface area contributed by atoms with E-state index in [9.17, 15) is 12.8 Å². The van der Waals surface area contributed by atoms with Crippen LogP contribution in [-0.2, 0) is 10.0 Å². The Morgan fingerprint density at radius 2 is 2.19 bits per heavy atom. The van der Waals surface area contributed by atoms with E-state index in [-0.39, 0.29) is 10.9 Å². The van der Waals surface area contributed by atoms with Crippen LogP contribution in [0.25, 0.3) is 0 Å². The van der Waals surface area contributed by atoms with Crippen LogP contribution in [0.5, 0.6) is 0 Å². The average molecular weight is 310 g/mol. The lowest BCUT2D eigenvalue weighted by molar-refractivity contribution is 0.556. The standard InChI is InChI=1S/C10H13BrFNO2S/c1-2-9(7-11)13-16(14,15)10-5-3-4-8(12)6-10/h3-6,9,13H,2,7H2,1H3. The summed E-state index contributed by atoms with van der Waals surface area (Å²) >= 11 is 3.21. The summed E-state index contributed by atoms with van der Waals surface area (Å²) in [6.45, 7) is 1.88. The van der Waals surface area contributed by atoms with Crippen LogP contribution in [0.1, 0.15) is 13.3 Å². The molecule has 0 bridgehead atoms. The molecule has 0 saturated carbocycles. The lowest BCUT2D eigenvalue weighted by atomic mass is 10.3. The van der Waals surface area contributed by atoms with E-state index in [2.05, 4.69) is 20.7 Å². The minimum absolute atomic E-state index is 0.0492. The fraction of sp³-hybridized carbons (Fsp3) is 0.400. The molecule has 0 fully saturated rings. The third kappa shape index (κ3) is 3.54. The summed E-state index contributed by atoms with van der Waals surface area (Å²) in [7, 11) is -3.63. The van der Waals surface area contributed by atoms with Crippen molar-refractivity contribution in [1.29, 1.82) is 0 Å². The summed E-state index contributed by atoms with van der Waals surface area (Å²) in [6.07, 6.45) is 0.666. The summed E-state index contributed by atoms with van der Waals surface area (Å²) in [5, 5.41) is 0.526. The molecule has 1 N–H and O–H groups in total. The van der Waals surface area contributed by atoms with E-state index in [1.807, 2.05) is 6.92 Å². The first kappa shape index (κ1) is 13.6. The maximum atomic E-state index is 12.9. The van der Waals surface area contributed by atoms with E-state index in [4.69, 9.17) is 0 Å². The minimum Gasteiger partial charge on any atom is -0.207 e. The summed E-state index contributed by atoms with van der Waals surface area (Å²) in [4.78, 5) is -0.0492. The third-order valence-electron chi connectivity index (χ3n) is 2.11. The highest BCUT2D eigenvalue weighted by molar-refractivity contribution is 9.09. The van der Waals surface area contributed by atoms with E-state index >= 15 is 0 Å². The highest BCUT2D eigenvalue weighted by Crippen LogP contribution is 2.12. The fourth-order valence-electron chi connectivity index (χ4n) is 1.15. The van der Waals surface area contributed by atoms with Crippen molar-refractivity contribution in [3.05, 3.63) is 30.1 Å². The Kier molecular flexibility index (Phi) is 4.89. The number of benzene rings is 1. The van der Waals surface area contributed by atoms with Crippen LogP contribution < -0.4 is 4.72 Å². The van der Waals surface area contributed by atoms with Gasteiger partial charge in [-0.3, -0.25) is 0 Å². The van der Waals surface area contributed by atoms with Gasteiger partial charge in [0.25, 0.3) is 0 Å². The van der Waals surface area contributed by atoms with Crippen molar-refractivity contribution in [2.24, 2.45) is 0 Å². The van der Waals surface area contributed by atoms with Gasteiger partial charge in [0, 0.05) is 11.4 Å². The van der Waals surface area contributed by atoms with Gasteiger partial charge in [0.15, 0.2) is 0 Å². The lowest BCUT2D eigenvalue weighted by Gasteiger charge is -2.14. The van der Waals surface area contributed by atoms with Crippen molar-refractivity contribution in [1.82, 2.24) is 4.72 Å². The maximum Gasteiger partial charge on any atom is 0.240 e. The second-order valence-electron chi connectivity index (χ2n) is 3.34. The topological polar surface area (TPSA) is 46.2 Å². The zero-order valence-corrected chi connectivity index (χ0v) is 11.2. The first-order valence-corrected chi connectivity index (χ1v) is 7.44. The molecule has 0 saturated heterocycles. The third-order valence-corrected chi connectivity index (χ3v) is 4.41.